The molecule has 0 atom stereocenters. The van der Waals surface area contributed by atoms with Gasteiger partial charge in [0.15, 0.2) is 0 Å². The molecule has 0 aliphatic rings. The first-order valence-electron chi connectivity index (χ1n) is 2.92. The van der Waals surface area contributed by atoms with Crippen LogP contribution in [0.5, 0.6) is 0 Å². The number of methoxy groups -OCH3 is 1. The molecule has 2 N–H and O–H groups in total. The molecule has 0 unspecified atom stereocenters. The molecular formula is C6H14NO. The lowest BCUT2D eigenvalue weighted by Crippen LogP contribution is -1.99. The van der Waals surface area contributed by atoms with Crippen LogP contribution in [0, 0.1) is 6.42 Å². The Kier molecular flexibility index (Phi) is 6.85. The maximum atomic E-state index is 5.25. The third-order valence-corrected chi connectivity index (χ3v) is 0.897. The molecule has 8 heavy (non-hydrogen) atoms. The topological polar surface area (TPSA) is 35.2 Å². The van der Waals surface area contributed by atoms with Gasteiger partial charge in [0.2, 0.25) is 0 Å². The number of ether oxygens (including phenoxy) is 1. The Balaban J connectivity index is 2.53. The molecule has 0 rings (SSSR count). The first-order valence-corrected chi connectivity index (χ1v) is 2.92. The Bertz CT molecular complexity index is 33.5. The first-order chi connectivity index (χ1) is 3.91. The van der Waals surface area contributed by atoms with Gasteiger partial charge in [0, 0.05) is 13.7 Å². The maximum Gasteiger partial charge on any atom is 0.0494 e. The molecule has 0 aromatic carbocycles. The zero-order valence-electron chi connectivity index (χ0n) is 5.39. The summed E-state index contributed by atoms with van der Waals surface area (Å²) in [6.07, 6.45) is 4.24. The summed E-state index contributed by atoms with van der Waals surface area (Å²) in [5.74, 6) is 0. The van der Waals surface area contributed by atoms with Crippen LogP contribution in [0.4, 0.5) is 0 Å². The second kappa shape index (κ2) is 6.92. The van der Waals surface area contributed by atoms with E-state index in [-0.39, 0.29) is 0 Å². The van der Waals surface area contributed by atoms with Crippen molar-refractivity contribution in [3.05, 3.63) is 6.42 Å². The van der Waals surface area contributed by atoms with Crippen molar-refractivity contribution in [2.45, 2.75) is 12.8 Å². The summed E-state index contributed by atoms with van der Waals surface area (Å²) in [4.78, 5) is 0. The van der Waals surface area contributed by atoms with Gasteiger partial charge < -0.3 is 10.5 Å². The predicted molar refractivity (Wildman–Crippen MR) is 34.5 cm³/mol. The van der Waals surface area contributed by atoms with Crippen LogP contribution in [-0.4, -0.2) is 20.3 Å². The lowest BCUT2D eigenvalue weighted by molar-refractivity contribution is 0.220. The molecular weight excluding hydrogens is 102 g/mol. The van der Waals surface area contributed by atoms with Crippen molar-refractivity contribution >= 4 is 0 Å². The molecule has 1 radical (unpaired) electrons. The Labute approximate surface area is 51.0 Å². The van der Waals surface area contributed by atoms with Crippen LogP contribution in [0.25, 0.3) is 0 Å². The Morgan fingerprint density at radius 2 is 2.38 bits per heavy atom. The maximum absolute atomic E-state index is 5.25. The number of nitrogens with two attached hydrogens (primary N) is 1. The van der Waals surface area contributed by atoms with Crippen LogP contribution in [-0.2, 0) is 4.74 Å². The van der Waals surface area contributed by atoms with Gasteiger partial charge in [0.05, 0.1) is 0 Å². The van der Waals surface area contributed by atoms with E-state index in [0.29, 0.717) is 0 Å². The first kappa shape index (κ1) is 7.92. The lowest BCUT2D eigenvalue weighted by Gasteiger charge is -1.94. The average molecular weight is 116 g/mol. The summed E-state index contributed by atoms with van der Waals surface area (Å²) >= 11 is 0. The molecule has 0 fully saturated rings. The second-order valence-corrected chi connectivity index (χ2v) is 1.67. The monoisotopic (exact) mass is 116 g/mol. The molecule has 0 aromatic rings. The summed E-state index contributed by atoms with van der Waals surface area (Å²) in [6.45, 7) is 1.53. The molecule has 0 aliphatic heterocycles. The molecule has 0 saturated heterocycles. The minimum absolute atomic E-state index is 0.750. The van der Waals surface area contributed by atoms with Gasteiger partial charge in [0.1, 0.15) is 0 Å². The normalized spacial score (nSPS) is 9.75. The summed E-state index contributed by atoms with van der Waals surface area (Å²) in [7, 11) is 1.69. The van der Waals surface area contributed by atoms with Crippen LogP contribution in [0.15, 0.2) is 0 Å². The van der Waals surface area contributed by atoms with Gasteiger partial charge in [-0.25, -0.2) is 0 Å². The van der Waals surface area contributed by atoms with E-state index < -0.39 is 0 Å². The fourth-order valence-electron chi connectivity index (χ4n) is 0.463. The van der Waals surface area contributed by atoms with Crippen molar-refractivity contribution in [3.8, 4) is 0 Å². The number of rotatable bonds is 5. The number of hydrogen-bond acceptors (Lipinski definition) is 2. The molecule has 0 spiro atoms. The van der Waals surface area contributed by atoms with Crippen molar-refractivity contribution in [2.75, 3.05) is 20.3 Å². The molecule has 0 aromatic heterocycles. The lowest BCUT2D eigenvalue weighted by atomic mass is 10.2. The van der Waals surface area contributed by atoms with E-state index in [1.54, 1.807) is 7.11 Å². The minimum Gasteiger partial charge on any atom is -0.384 e. The molecule has 0 amide bonds. The van der Waals surface area contributed by atoms with E-state index in [9.17, 15) is 0 Å². The minimum atomic E-state index is 0.750. The number of hydrogen-bond donors (Lipinski definition) is 1. The average Bonchev–Trinajstić information content (AvgIpc) is 1.81. The fraction of sp³-hybridized carbons (Fsp3) is 0.833. The van der Waals surface area contributed by atoms with Gasteiger partial charge in [-0.2, -0.15) is 0 Å². The van der Waals surface area contributed by atoms with E-state index >= 15 is 0 Å². The summed E-state index contributed by atoms with van der Waals surface area (Å²) < 4.78 is 4.79. The van der Waals surface area contributed by atoms with E-state index in [1.807, 2.05) is 0 Å². The Morgan fingerprint density at radius 1 is 1.62 bits per heavy atom. The van der Waals surface area contributed by atoms with E-state index in [0.717, 1.165) is 26.0 Å². The van der Waals surface area contributed by atoms with Crippen molar-refractivity contribution in [1.82, 2.24) is 0 Å². The molecule has 49 valence electrons. The molecule has 0 saturated carbocycles. The van der Waals surface area contributed by atoms with Crippen LogP contribution in [0.3, 0.4) is 0 Å². The van der Waals surface area contributed by atoms with Crippen molar-refractivity contribution in [1.29, 1.82) is 0 Å². The van der Waals surface area contributed by atoms with Gasteiger partial charge in [0.25, 0.3) is 0 Å². The molecule has 0 aliphatic carbocycles. The third-order valence-electron chi connectivity index (χ3n) is 0.897. The molecule has 2 heteroatoms. The summed E-state index contributed by atoms with van der Waals surface area (Å²) in [5, 5.41) is 0. The standard InChI is InChI=1S/C6H14NO/c1-8-6-4-2-3-5-7/h4H,2-3,5-7H2,1H3. The van der Waals surface area contributed by atoms with Gasteiger partial charge in [-0.05, 0) is 25.8 Å². The van der Waals surface area contributed by atoms with Crippen molar-refractivity contribution in [2.24, 2.45) is 5.73 Å². The smallest absolute Gasteiger partial charge is 0.0494 e. The second-order valence-electron chi connectivity index (χ2n) is 1.67. The Hall–Kier alpha value is -0.0800. The zero-order chi connectivity index (χ0) is 6.24. The quantitative estimate of drug-likeness (QED) is 0.533. The van der Waals surface area contributed by atoms with Gasteiger partial charge in [-0.1, -0.05) is 0 Å². The van der Waals surface area contributed by atoms with Crippen molar-refractivity contribution < 1.29 is 4.74 Å². The van der Waals surface area contributed by atoms with E-state index in [2.05, 4.69) is 6.42 Å². The molecule has 0 bridgehead atoms. The largest absolute Gasteiger partial charge is 0.384 e. The van der Waals surface area contributed by atoms with Crippen LogP contribution >= 0.6 is 0 Å². The molecule has 2 nitrogen and oxygen atoms in total. The fourth-order valence-corrected chi connectivity index (χ4v) is 0.463. The van der Waals surface area contributed by atoms with E-state index in [4.69, 9.17) is 10.5 Å². The zero-order valence-corrected chi connectivity index (χ0v) is 5.39. The Morgan fingerprint density at radius 3 is 2.88 bits per heavy atom. The highest BCUT2D eigenvalue weighted by Gasteiger charge is 1.84. The summed E-state index contributed by atoms with van der Waals surface area (Å²) in [5.41, 5.74) is 5.25. The van der Waals surface area contributed by atoms with Crippen LogP contribution in [0.1, 0.15) is 12.8 Å². The highest BCUT2D eigenvalue weighted by atomic mass is 16.5. The van der Waals surface area contributed by atoms with Gasteiger partial charge in [-0.15, -0.1) is 0 Å². The van der Waals surface area contributed by atoms with Gasteiger partial charge in [-0.3, -0.25) is 0 Å². The summed E-state index contributed by atoms with van der Waals surface area (Å²) in [6, 6.07) is 0. The SMILES string of the molecule is COC[CH]CCCN. The third kappa shape index (κ3) is 5.92. The van der Waals surface area contributed by atoms with Crippen LogP contribution in [0.2, 0.25) is 0 Å². The van der Waals surface area contributed by atoms with Gasteiger partial charge >= 0.3 is 0 Å². The highest BCUT2D eigenvalue weighted by molar-refractivity contribution is 4.62. The highest BCUT2D eigenvalue weighted by Crippen LogP contribution is 1.90. The van der Waals surface area contributed by atoms with Crippen molar-refractivity contribution in [3.63, 3.8) is 0 Å². The number of unbranched alkanes of at least 4 members (excludes halogenated alkanes) is 2. The van der Waals surface area contributed by atoms with E-state index in [1.165, 1.54) is 0 Å². The van der Waals surface area contributed by atoms with Crippen LogP contribution < -0.4 is 5.73 Å². The molecule has 0 heterocycles. The predicted octanol–water partition coefficient (Wildman–Crippen LogP) is 0.576.